The lowest BCUT2D eigenvalue weighted by Gasteiger charge is -2.18. The Bertz CT molecular complexity index is 686. The molecule has 2 aromatic rings. The van der Waals surface area contributed by atoms with Crippen LogP contribution in [0.2, 0.25) is 0 Å². The Hall–Kier alpha value is -1.27. The van der Waals surface area contributed by atoms with Gasteiger partial charge in [-0.2, -0.15) is 0 Å². The number of nitrogens with zero attached hydrogens (tertiary/aromatic N) is 2. The van der Waals surface area contributed by atoms with E-state index < -0.39 is 0 Å². The van der Waals surface area contributed by atoms with E-state index >= 15 is 0 Å². The van der Waals surface area contributed by atoms with Gasteiger partial charge in [0.2, 0.25) is 0 Å². The minimum atomic E-state index is -0.178. The van der Waals surface area contributed by atoms with E-state index in [0.717, 1.165) is 17.3 Å². The summed E-state index contributed by atoms with van der Waals surface area (Å²) in [5.74, 6) is -0.178. The number of aromatic nitrogens is 2. The van der Waals surface area contributed by atoms with Crippen LogP contribution in [-0.2, 0) is 5.41 Å². The average molecular weight is 411 g/mol. The molecule has 0 radical (unpaired) electrons. The number of nitrogens with one attached hydrogen (secondary N) is 1. The summed E-state index contributed by atoms with van der Waals surface area (Å²) in [6, 6.07) is 8.19. The fraction of sp³-hybridized carbons (Fsp3) is 0.267. The maximum atomic E-state index is 12.2. The van der Waals surface area contributed by atoms with E-state index in [4.69, 9.17) is 0 Å². The standard InChI is InChI=1S/C15H13Br2N3O/c16-11-4-2-1-3-10(11)15(5-6-15)8-19-14(21)13-12(17)7-18-9-20-13/h1-4,7,9H,5-6,8H2,(H,19,21). The maximum absolute atomic E-state index is 12.2. The molecule has 1 heterocycles. The second-order valence-corrected chi connectivity index (χ2v) is 6.87. The largest absolute Gasteiger partial charge is 0.350 e. The van der Waals surface area contributed by atoms with Crippen LogP contribution >= 0.6 is 31.9 Å². The van der Waals surface area contributed by atoms with Crippen molar-refractivity contribution in [2.75, 3.05) is 6.54 Å². The first-order valence-electron chi connectivity index (χ1n) is 6.61. The number of carbonyl (C=O) groups excluding carboxylic acids is 1. The van der Waals surface area contributed by atoms with E-state index in [2.05, 4.69) is 53.2 Å². The number of rotatable bonds is 4. The maximum Gasteiger partial charge on any atom is 0.271 e. The van der Waals surface area contributed by atoms with Crippen LogP contribution in [0.3, 0.4) is 0 Å². The van der Waals surface area contributed by atoms with Crippen molar-refractivity contribution in [3.63, 3.8) is 0 Å². The van der Waals surface area contributed by atoms with Crippen molar-refractivity contribution >= 4 is 37.8 Å². The van der Waals surface area contributed by atoms with Gasteiger partial charge in [-0.1, -0.05) is 34.1 Å². The fourth-order valence-corrected chi connectivity index (χ4v) is 3.50. The van der Waals surface area contributed by atoms with Crippen LogP contribution < -0.4 is 5.32 Å². The van der Waals surface area contributed by atoms with E-state index in [0.29, 0.717) is 16.7 Å². The van der Waals surface area contributed by atoms with Crippen LogP contribution in [0.15, 0.2) is 45.7 Å². The molecule has 0 bridgehead atoms. The first kappa shape index (κ1) is 14.7. The molecule has 1 N–H and O–H groups in total. The van der Waals surface area contributed by atoms with Gasteiger partial charge in [-0.3, -0.25) is 4.79 Å². The molecule has 1 aliphatic rings. The van der Waals surface area contributed by atoms with Gasteiger partial charge in [0.15, 0.2) is 0 Å². The van der Waals surface area contributed by atoms with Gasteiger partial charge in [-0.15, -0.1) is 0 Å². The van der Waals surface area contributed by atoms with Gasteiger partial charge in [-0.05, 0) is 40.4 Å². The molecule has 1 saturated carbocycles. The fourth-order valence-electron chi connectivity index (χ4n) is 2.40. The molecule has 1 aromatic heterocycles. The summed E-state index contributed by atoms with van der Waals surface area (Å²) in [5.41, 5.74) is 1.68. The summed E-state index contributed by atoms with van der Waals surface area (Å²) in [5, 5.41) is 2.99. The zero-order chi connectivity index (χ0) is 14.9. The summed E-state index contributed by atoms with van der Waals surface area (Å²) in [4.78, 5) is 20.1. The minimum absolute atomic E-state index is 0.0509. The van der Waals surface area contributed by atoms with Crippen molar-refractivity contribution in [1.29, 1.82) is 0 Å². The highest BCUT2D eigenvalue weighted by Crippen LogP contribution is 2.49. The molecule has 1 aliphatic carbocycles. The van der Waals surface area contributed by atoms with Gasteiger partial charge in [0.25, 0.3) is 5.91 Å². The molecule has 1 fully saturated rings. The summed E-state index contributed by atoms with van der Waals surface area (Å²) in [6.07, 6.45) is 5.12. The molecule has 4 nitrogen and oxygen atoms in total. The highest BCUT2D eigenvalue weighted by Gasteiger charge is 2.45. The topological polar surface area (TPSA) is 54.9 Å². The Balaban J connectivity index is 1.72. The molecule has 1 amide bonds. The van der Waals surface area contributed by atoms with Crippen LogP contribution in [0.4, 0.5) is 0 Å². The van der Waals surface area contributed by atoms with Gasteiger partial charge >= 0.3 is 0 Å². The Morgan fingerprint density at radius 1 is 1.24 bits per heavy atom. The molecular formula is C15H13Br2N3O. The number of carbonyl (C=O) groups is 1. The van der Waals surface area contributed by atoms with E-state index in [1.165, 1.54) is 11.9 Å². The zero-order valence-corrected chi connectivity index (χ0v) is 14.3. The molecule has 0 saturated heterocycles. The monoisotopic (exact) mass is 409 g/mol. The lowest BCUT2D eigenvalue weighted by Crippen LogP contribution is -2.33. The van der Waals surface area contributed by atoms with Crippen molar-refractivity contribution in [2.24, 2.45) is 0 Å². The highest BCUT2D eigenvalue weighted by atomic mass is 79.9. The second-order valence-electron chi connectivity index (χ2n) is 5.16. The van der Waals surface area contributed by atoms with Crippen LogP contribution in [0.25, 0.3) is 0 Å². The van der Waals surface area contributed by atoms with E-state index in [9.17, 15) is 4.79 Å². The summed E-state index contributed by atoms with van der Waals surface area (Å²) in [6.45, 7) is 0.616. The van der Waals surface area contributed by atoms with E-state index in [1.54, 1.807) is 6.20 Å². The number of hydrogen-bond donors (Lipinski definition) is 1. The van der Waals surface area contributed by atoms with Crippen molar-refractivity contribution < 1.29 is 4.79 Å². The molecule has 0 spiro atoms. The Morgan fingerprint density at radius 2 is 2.00 bits per heavy atom. The highest BCUT2D eigenvalue weighted by molar-refractivity contribution is 9.10. The zero-order valence-electron chi connectivity index (χ0n) is 11.1. The van der Waals surface area contributed by atoms with Crippen molar-refractivity contribution in [2.45, 2.75) is 18.3 Å². The Kier molecular flexibility index (Phi) is 4.08. The van der Waals surface area contributed by atoms with Gasteiger partial charge in [0, 0.05) is 22.6 Å². The molecule has 3 rings (SSSR count). The third-order valence-electron chi connectivity index (χ3n) is 3.77. The van der Waals surface area contributed by atoms with Gasteiger partial charge in [0.05, 0.1) is 4.47 Å². The first-order chi connectivity index (χ1) is 10.1. The number of amides is 1. The van der Waals surface area contributed by atoms with Gasteiger partial charge in [0.1, 0.15) is 12.0 Å². The predicted octanol–water partition coefficient (Wildman–Crippen LogP) is 3.46. The Labute approximate surface area is 139 Å². The number of benzene rings is 1. The van der Waals surface area contributed by atoms with Crippen molar-refractivity contribution in [3.05, 3.63) is 57.0 Å². The second kappa shape index (κ2) is 5.85. The third-order valence-corrected chi connectivity index (χ3v) is 5.04. The summed E-state index contributed by atoms with van der Waals surface area (Å²) >= 11 is 6.89. The molecule has 21 heavy (non-hydrogen) atoms. The predicted molar refractivity (Wildman–Crippen MR) is 87.1 cm³/mol. The van der Waals surface area contributed by atoms with Crippen molar-refractivity contribution in [1.82, 2.24) is 15.3 Å². The lowest BCUT2D eigenvalue weighted by atomic mass is 9.96. The average Bonchev–Trinajstić information content (AvgIpc) is 3.27. The molecule has 0 aliphatic heterocycles. The third kappa shape index (κ3) is 3.01. The molecule has 0 unspecified atom stereocenters. The Morgan fingerprint density at radius 3 is 2.67 bits per heavy atom. The minimum Gasteiger partial charge on any atom is -0.350 e. The summed E-state index contributed by atoms with van der Waals surface area (Å²) < 4.78 is 1.70. The number of hydrogen-bond acceptors (Lipinski definition) is 3. The van der Waals surface area contributed by atoms with E-state index in [-0.39, 0.29) is 11.3 Å². The van der Waals surface area contributed by atoms with Gasteiger partial charge in [-0.25, -0.2) is 9.97 Å². The van der Waals surface area contributed by atoms with Crippen LogP contribution in [0.5, 0.6) is 0 Å². The van der Waals surface area contributed by atoms with Crippen LogP contribution in [0.1, 0.15) is 28.9 Å². The quantitative estimate of drug-likeness (QED) is 0.839. The molecule has 6 heteroatoms. The lowest BCUT2D eigenvalue weighted by molar-refractivity contribution is 0.0943. The van der Waals surface area contributed by atoms with Crippen LogP contribution in [-0.4, -0.2) is 22.4 Å². The normalized spacial score (nSPS) is 15.5. The molecule has 0 atom stereocenters. The number of halogens is 2. The summed E-state index contributed by atoms with van der Waals surface area (Å²) in [7, 11) is 0. The molecular weight excluding hydrogens is 398 g/mol. The SMILES string of the molecule is O=C(NCC1(c2ccccc2Br)CC1)c1ncncc1Br. The molecule has 1 aromatic carbocycles. The van der Waals surface area contributed by atoms with Gasteiger partial charge < -0.3 is 5.32 Å². The first-order valence-corrected chi connectivity index (χ1v) is 8.20. The van der Waals surface area contributed by atoms with Crippen molar-refractivity contribution in [3.8, 4) is 0 Å². The van der Waals surface area contributed by atoms with E-state index in [1.807, 2.05) is 18.2 Å². The van der Waals surface area contributed by atoms with Crippen LogP contribution in [0, 0.1) is 0 Å². The molecule has 108 valence electrons. The smallest absolute Gasteiger partial charge is 0.271 e.